The molecule has 3 rings (SSSR count). The summed E-state index contributed by atoms with van der Waals surface area (Å²) in [4.78, 5) is -0.400. The summed E-state index contributed by atoms with van der Waals surface area (Å²) in [5.74, 6) is 0. The van der Waals surface area contributed by atoms with Crippen LogP contribution < -0.4 is 4.72 Å². The Hall–Kier alpha value is -2.20. The Balaban J connectivity index is 1.85. The zero-order valence-corrected chi connectivity index (χ0v) is 16.6. The van der Waals surface area contributed by atoms with Crippen LogP contribution >= 0.6 is 11.6 Å². The Morgan fingerprint density at radius 1 is 1.07 bits per heavy atom. The molecule has 0 atom stereocenters. The van der Waals surface area contributed by atoms with Gasteiger partial charge in [0.1, 0.15) is 4.90 Å². The molecule has 0 bridgehead atoms. The summed E-state index contributed by atoms with van der Waals surface area (Å²) in [7, 11) is -7.57. The lowest BCUT2D eigenvalue weighted by Crippen LogP contribution is -2.24. The maximum atomic E-state index is 12.6. The summed E-state index contributed by atoms with van der Waals surface area (Å²) in [5.41, 5.74) is 1.50. The van der Waals surface area contributed by atoms with E-state index in [9.17, 15) is 16.8 Å². The molecule has 0 saturated heterocycles. The van der Waals surface area contributed by atoms with Gasteiger partial charge in [-0.25, -0.2) is 26.2 Å². The predicted octanol–water partition coefficient (Wildman–Crippen LogP) is 2.41. The van der Waals surface area contributed by atoms with Crippen LogP contribution in [0.4, 0.5) is 0 Å². The van der Waals surface area contributed by atoms with E-state index < -0.39 is 19.9 Å². The molecule has 1 N–H and O–H groups in total. The fourth-order valence-corrected chi connectivity index (χ4v) is 4.67. The second-order valence-corrected chi connectivity index (χ2v) is 9.97. The Morgan fingerprint density at radius 3 is 2.52 bits per heavy atom. The minimum absolute atomic E-state index is 0.0108. The molecule has 142 valence electrons. The van der Waals surface area contributed by atoms with Crippen molar-refractivity contribution in [3.63, 3.8) is 0 Å². The lowest BCUT2D eigenvalue weighted by molar-refractivity contribution is 0.581. The average molecular weight is 426 g/mol. The summed E-state index contributed by atoms with van der Waals surface area (Å²) in [6, 6.07) is 12.6. The first-order chi connectivity index (χ1) is 12.7. The maximum absolute atomic E-state index is 12.6. The highest BCUT2D eigenvalue weighted by atomic mass is 35.5. The van der Waals surface area contributed by atoms with Crippen molar-refractivity contribution in [3.05, 3.63) is 71.5 Å². The van der Waals surface area contributed by atoms with Crippen LogP contribution in [0.2, 0.25) is 5.02 Å². The molecule has 0 unspecified atom stereocenters. The molecule has 27 heavy (non-hydrogen) atoms. The van der Waals surface area contributed by atoms with E-state index in [1.807, 2.05) is 6.07 Å². The third-order valence-corrected chi connectivity index (χ3v) is 6.76. The van der Waals surface area contributed by atoms with Crippen molar-refractivity contribution >= 4 is 31.5 Å². The Morgan fingerprint density at radius 2 is 1.85 bits per heavy atom. The summed E-state index contributed by atoms with van der Waals surface area (Å²) < 4.78 is 52.7. The van der Waals surface area contributed by atoms with E-state index in [1.165, 1.54) is 12.1 Å². The number of benzene rings is 2. The maximum Gasteiger partial charge on any atom is 0.242 e. The topological polar surface area (TPSA) is 98.1 Å². The minimum Gasteiger partial charge on any atom is -0.241 e. The number of halogens is 1. The summed E-state index contributed by atoms with van der Waals surface area (Å²) in [5, 5.41) is 4.08. The van der Waals surface area contributed by atoms with Crippen molar-refractivity contribution in [2.45, 2.75) is 16.3 Å². The van der Waals surface area contributed by atoms with Crippen molar-refractivity contribution in [1.82, 2.24) is 14.5 Å². The van der Waals surface area contributed by atoms with Gasteiger partial charge >= 0.3 is 0 Å². The van der Waals surface area contributed by atoms with Crippen LogP contribution in [0, 0.1) is 0 Å². The van der Waals surface area contributed by atoms with Crippen molar-refractivity contribution in [2.24, 2.45) is 0 Å². The zero-order valence-electron chi connectivity index (χ0n) is 14.2. The van der Waals surface area contributed by atoms with Crippen LogP contribution in [0.5, 0.6) is 0 Å². The monoisotopic (exact) mass is 425 g/mol. The number of sulfone groups is 1. The van der Waals surface area contributed by atoms with Gasteiger partial charge in [0.15, 0.2) is 9.84 Å². The fraction of sp³-hybridized carbons (Fsp3) is 0.118. The third-order valence-electron chi connectivity index (χ3n) is 3.77. The van der Waals surface area contributed by atoms with E-state index >= 15 is 0 Å². The number of nitrogens with zero attached hydrogens (tertiary/aromatic N) is 2. The minimum atomic E-state index is -4.01. The number of rotatable bonds is 6. The van der Waals surface area contributed by atoms with E-state index in [4.69, 9.17) is 11.6 Å². The van der Waals surface area contributed by atoms with Gasteiger partial charge in [-0.15, -0.1) is 0 Å². The fourth-order valence-electron chi connectivity index (χ4n) is 2.41. The smallest absolute Gasteiger partial charge is 0.241 e. The van der Waals surface area contributed by atoms with Crippen molar-refractivity contribution in [3.8, 4) is 5.69 Å². The van der Waals surface area contributed by atoms with E-state index in [0.717, 1.165) is 18.0 Å². The summed E-state index contributed by atoms with van der Waals surface area (Å²) in [6.07, 6.45) is 4.42. The summed E-state index contributed by atoms with van der Waals surface area (Å²) in [6.45, 7) is 0.0108. The first-order valence-corrected chi connectivity index (χ1v) is 11.5. The van der Waals surface area contributed by atoms with Crippen LogP contribution in [0.1, 0.15) is 5.56 Å². The highest BCUT2D eigenvalue weighted by Gasteiger charge is 2.20. The summed E-state index contributed by atoms with van der Waals surface area (Å²) >= 11 is 5.98. The van der Waals surface area contributed by atoms with Gasteiger partial charge in [0.05, 0.1) is 15.6 Å². The van der Waals surface area contributed by atoms with Gasteiger partial charge < -0.3 is 0 Å². The first-order valence-electron chi connectivity index (χ1n) is 7.75. The molecule has 7 nitrogen and oxygen atoms in total. The second-order valence-electron chi connectivity index (χ2n) is 5.81. The first kappa shape index (κ1) is 19.6. The van der Waals surface area contributed by atoms with E-state index in [-0.39, 0.29) is 21.4 Å². The van der Waals surface area contributed by atoms with Gasteiger partial charge in [-0.05, 0) is 42.0 Å². The van der Waals surface area contributed by atoms with Crippen LogP contribution in [-0.4, -0.2) is 32.9 Å². The largest absolute Gasteiger partial charge is 0.242 e. The van der Waals surface area contributed by atoms with Crippen molar-refractivity contribution in [2.75, 3.05) is 6.26 Å². The number of hydrogen-bond donors (Lipinski definition) is 1. The molecule has 0 aliphatic rings. The molecule has 1 aromatic heterocycles. The van der Waals surface area contributed by atoms with Gasteiger partial charge in [0.25, 0.3) is 0 Å². The quantitative estimate of drug-likeness (QED) is 0.653. The molecule has 0 fully saturated rings. The SMILES string of the molecule is CS(=O)(=O)c1ccc(Cl)c(S(=O)(=O)NCc2cccc(-n3cccn3)c2)c1. The molecule has 0 spiro atoms. The molecule has 10 heteroatoms. The number of aromatic nitrogens is 2. The van der Waals surface area contributed by atoms with Gasteiger partial charge in [0.2, 0.25) is 10.0 Å². The standard InChI is InChI=1S/C17H16ClN3O4S2/c1-26(22,23)15-6-7-16(18)17(11-15)27(24,25)20-12-13-4-2-5-14(10-13)21-9-3-8-19-21/h2-11,20H,12H2,1H3. The highest BCUT2D eigenvalue weighted by molar-refractivity contribution is 7.91. The molecule has 0 aliphatic carbocycles. The number of sulfonamides is 1. The van der Waals surface area contributed by atoms with Crippen LogP contribution in [0.25, 0.3) is 5.69 Å². The third kappa shape index (κ3) is 4.56. The predicted molar refractivity (Wildman–Crippen MR) is 102 cm³/mol. The second kappa shape index (κ2) is 7.43. The van der Waals surface area contributed by atoms with Gasteiger partial charge in [-0.1, -0.05) is 23.7 Å². The Labute approximate surface area is 162 Å². The van der Waals surface area contributed by atoms with E-state index in [0.29, 0.717) is 5.56 Å². The lowest BCUT2D eigenvalue weighted by Gasteiger charge is -2.11. The van der Waals surface area contributed by atoms with Gasteiger partial charge in [0, 0.05) is 25.2 Å². The Kier molecular flexibility index (Phi) is 5.38. The van der Waals surface area contributed by atoms with Crippen molar-refractivity contribution in [1.29, 1.82) is 0 Å². The molecular formula is C17H16ClN3O4S2. The van der Waals surface area contributed by atoms with Crippen molar-refractivity contribution < 1.29 is 16.8 Å². The normalized spacial score (nSPS) is 12.2. The Bertz CT molecular complexity index is 1170. The molecule has 0 saturated carbocycles. The molecule has 0 amide bonds. The average Bonchev–Trinajstić information content (AvgIpc) is 3.14. The molecule has 3 aromatic rings. The van der Waals surface area contributed by atoms with Gasteiger partial charge in [-0.2, -0.15) is 5.10 Å². The lowest BCUT2D eigenvalue weighted by atomic mass is 10.2. The van der Waals surface area contributed by atoms with Crippen LogP contribution in [-0.2, 0) is 26.4 Å². The number of hydrogen-bond acceptors (Lipinski definition) is 5. The van der Waals surface area contributed by atoms with Crippen LogP contribution in [0.3, 0.4) is 0 Å². The van der Waals surface area contributed by atoms with E-state index in [1.54, 1.807) is 41.3 Å². The number of nitrogens with one attached hydrogen (secondary N) is 1. The molecule has 1 heterocycles. The molecule has 2 aromatic carbocycles. The van der Waals surface area contributed by atoms with Gasteiger partial charge in [-0.3, -0.25) is 0 Å². The molecule has 0 radical (unpaired) electrons. The zero-order chi connectivity index (χ0) is 19.7. The van der Waals surface area contributed by atoms with Crippen LogP contribution in [0.15, 0.2) is 70.7 Å². The highest BCUT2D eigenvalue weighted by Crippen LogP contribution is 2.25. The molecular weight excluding hydrogens is 410 g/mol. The molecule has 0 aliphatic heterocycles. The van der Waals surface area contributed by atoms with E-state index in [2.05, 4.69) is 9.82 Å².